The second kappa shape index (κ2) is 5.33. The Hall–Kier alpha value is -2.33. The topological polar surface area (TPSA) is 67.2 Å². The largest absolute Gasteiger partial charge is 0.355 e. The van der Waals surface area contributed by atoms with Crippen LogP contribution < -0.4 is 16.6 Å². The maximum atomic E-state index is 11.6. The molecule has 0 spiro atoms. The molecular weight excluding hydrogens is 226 g/mol. The Bertz CT molecular complexity index is 566. The number of aryl methyl sites for hydroxylation is 1. The summed E-state index contributed by atoms with van der Waals surface area (Å²) in [6.45, 7) is 2.02. The van der Waals surface area contributed by atoms with Crippen LogP contribution in [0.5, 0.6) is 0 Å². The number of nitrogens with two attached hydrogens (primary N) is 1. The minimum absolute atomic E-state index is 0.314. The summed E-state index contributed by atoms with van der Waals surface area (Å²) in [6.07, 6.45) is 0. The fourth-order valence-corrected chi connectivity index (χ4v) is 1.75. The molecule has 2 aromatic rings. The molecule has 2 rings (SSSR count). The number of hydrogen-bond acceptors (Lipinski definition) is 3. The summed E-state index contributed by atoms with van der Waals surface area (Å²) >= 11 is 0. The lowest BCUT2D eigenvalue weighted by Gasteiger charge is -2.11. The number of nitrogens with one attached hydrogen (secondary N) is 2. The smallest absolute Gasteiger partial charge is 0.267 e. The highest BCUT2D eigenvalue weighted by Crippen LogP contribution is 2.21. The summed E-state index contributed by atoms with van der Waals surface area (Å²) in [4.78, 5) is 11.6. The Kier molecular flexibility index (Phi) is 3.60. The summed E-state index contributed by atoms with van der Waals surface area (Å²) in [7, 11) is 0. The van der Waals surface area contributed by atoms with Gasteiger partial charge in [-0.1, -0.05) is 24.3 Å². The number of carbonyl (C=O) groups excluding carboxylic acids is 1. The molecule has 0 bridgehead atoms. The normalized spacial score (nSPS) is 9.89. The lowest BCUT2D eigenvalue weighted by molar-refractivity contribution is 0.0954. The molecular formula is C14H15N3O. The lowest BCUT2D eigenvalue weighted by Crippen LogP contribution is -2.30. The Labute approximate surface area is 106 Å². The fourth-order valence-electron chi connectivity index (χ4n) is 1.75. The average molecular weight is 241 g/mol. The molecule has 0 aliphatic carbocycles. The zero-order chi connectivity index (χ0) is 13.0. The molecule has 18 heavy (non-hydrogen) atoms. The number of carbonyl (C=O) groups is 1. The van der Waals surface area contributed by atoms with Gasteiger partial charge in [0.15, 0.2) is 0 Å². The third-order valence-electron chi connectivity index (χ3n) is 2.60. The van der Waals surface area contributed by atoms with E-state index in [1.165, 1.54) is 0 Å². The van der Waals surface area contributed by atoms with Crippen molar-refractivity contribution in [2.75, 3.05) is 5.32 Å². The van der Waals surface area contributed by atoms with Crippen LogP contribution in [-0.2, 0) is 0 Å². The highest BCUT2D eigenvalue weighted by molar-refractivity contribution is 5.99. The molecule has 0 saturated carbocycles. The van der Waals surface area contributed by atoms with E-state index in [9.17, 15) is 4.79 Å². The van der Waals surface area contributed by atoms with Gasteiger partial charge in [0, 0.05) is 5.69 Å². The Morgan fingerprint density at radius 1 is 1.11 bits per heavy atom. The van der Waals surface area contributed by atoms with Crippen molar-refractivity contribution < 1.29 is 4.79 Å². The van der Waals surface area contributed by atoms with E-state index in [-0.39, 0.29) is 5.91 Å². The molecule has 0 aliphatic rings. The van der Waals surface area contributed by atoms with E-state index < -0.39 is 0 Å². The van der Waals surface area contributed by atoms with Gasteiger partial charge in [-0.3, -0.25) is 10.2 Å². The molecule has 0 unspecified atom stereocenters. The molecule has 92 valence electrons. The number of nitrogen functional groups attached to an aromatic ring is 1. The van der Waals surface area contributed by atoms with Crippen molar-refractivity contribution in [1.29, 1.82) is 0 Å². The van der Waals surface area contributed by atoms with E-state index in [2.05, 4.69) is 10.7 Å². The first kappa shape index (κ1) is 12.1. The van der Waals surface area contributed by atoms with Crippen LogP contribution in [0, 0.1) is 6.92 Å². The van der Waals surface area contributed by atoms with E-state index in [4.69, 9.17) is 5.84 Å². The van der Waals surface area contributed by atoms with Gasteiger partial charge in [0.2, 0.25) is 0 Å². The van der Waals surface area contributed by atoms with Gasteiger partial charge in [-0.25, -0.2) is 5.84 Å². The van der Waals surface area contributed by atoms with Crippen molar-refractivity contribution in [1.82, 2.24) is 5.43 Å². The summed E-state index contributed by atoms with van der Waals surface area (Å²) in [5.41, 5.74) is 5.47. The Balaban J connectivity index is 2.32. The molecule has 0 saturated heterocycles. The highest BCUT2D eigenvalue weighted by atomic mass is 16.2. The van der Waals surface area contributed by atoms with E-state index >= 15 is 0 Å². The molecule has 4 N–H and O–H groups in total. The molecule has 2 aromatic carbocycles. The van der Waals surface area contributed by atoms with Crippen LogP contribution in [0.1, 0.15) is 15.9 Å². The molecule has 0 aromatic heterocycles. The minimum Gasteiger partial charge on any atom is -0.355 e. The number of hydrogen-bond donors (Lipinski definition) is 3. The van der Waals surface area contributed by atoms with Crippen molar-refractivity contribution in [3.05, 3.63) is 59.7 Å². The van der Waals surface area contributed by atoms with Crippen LogP contribution in [0.3, 0.4) is 0 Å². The zero-order valence-electron chi connectivity index (χ0n) is 10.1. The van der Waals surface area contributed by atoms with Gasteiger partial charge in [0.1, 0.15) is 0 Å². The van der Waals surface area contributed by atoms with Crippen molar-refractivity contribution in [2.45, 2.75) is 6.92 Å². The third kappa shape index (κ3) is 2.67. The fraction of sp³-hybridized carbons (Fsp3) is 0.0714. The maximum Gasteiger partial charge on any atom is 0.267 e. The molecule has 0 aliphatic heterocycles. The number of hydrazine groups is 1. The van der Waals surface area contributed by atoms with Crippen LogP contribution in [0.4, 0.5) is 11.4 Å². The first-order valence-electron chi connectivity index (χ1n) is 5.64. The molecule has 0 radical (unpaired) electrons. The van der Waals surface area contributed by atoms with Gasteiger partial charge in [-0.2, -0.15) is 0 Å². The number of amides is 1. The van der Waals surface area contributed by atoms with Gasteiger partial charge in [-0.15, -0.1) is 0 Å². The van der Waals surface area contributed by atoms with Gasteiger partial charge in [0.25, 0.3) is 5.91 Å². The van der Waals surface area contributed by atoms with Gasteiger partial charge in [-0.05, 0) is 36.8 Å². The molecule has 4 nitrogen and oxygen atoms in total. The predicted octanol–water partition coefficient (Wildman–Crippen LogP) is 2.34. The molecule has 0 fully saturated rings. The quantitative estimate of drug-likeness (QED) is 0.439. The van der Waals surface area contributed by atoms with Crippen molar-refractivity contribution in [2.24, 2.45) is 5.84 Å². The highest BCUT2D eigenvalue weighted by Gasteiger charge is 2.09. The summed E-state index contributed by atoms with van der Waals surface area (Å²) in [5.74, 6) is 4.85. The molecule has 0 heterocycles. The van der Waals surface area contributed by atoms with Gasteiger partial charge in [0.05, 0.1) is 11.3 Å². The Morgan fingerprint density at radius 2 is 1.89 bits per heavy atom. The second-order valence-electron chi connectivity index (χ2n) is 4.01. The average Bonchev–Trinajstić information content (AvgIpc) is 2.38. The van der Waals surface area contributed by atoms with Gasteiger partial charge >= 0.3 is 0 Å². The standard InChI is InChI=1S/C14H15N3O/c1-10-5-4-6-11(9-10)16-13-8-3-2-7-12(13)14(18)17-15/h2-9,16H,15H2,1H3,(H,17,18). The third-order valence-corrected chi connectivity index (χ3v) is 2.60. The number of rotatable bonds is 3. The SMILES string of the molecule is Cc1cccc(Nc2ccccc2C(=O)NN)c1. The van der Waals surface area contributed by atoms with Crippen LogP contribution in [0.15, 0.2) is 48.5 Å². The summed E-state index contributed by atoms with van der Waals surface area (Å²) < 4.78 is 0. The van der Waals surface area contributed by atoms with Crippen molar-refractivity contribution in [3.63, 3.8) is 0 Å². The van der Waals surface area contributed by atoms with Crippen molar-refractivity contribution in [3.8, 4) is 0 Å². The van der Waals surface area contributed by atoms with E-state index in [1.54, 1.807) is 12.1 Å². The maximum absolute atomic E-state index is 11.6. The molecule has 0 atom stereocenters. The number of para-hydroxylation sites is 1. The van der Waals surface area contributed by atoms with E-state index in [1.807, 2.05) is 43.3 Å². The first-order chi connectivity index (χ1) is 8.70. The summed E-state index contributed by atoms with van der Waals surface area (Å²) in [5, 5.41) is 3.21. The summed E-state index contributed by atoms with van der Waals surface area (Å²) in [6, 6.07) is 15.2. The van der Waals surface area contributed by atoms with Crippen LogP contribution in [0.2, 0.25) is 0 Å². The van der Waals surface area contributed by atoms with E-state index in [0.29, 0.717) is 5.56 Å². The van der Waals surface area contributed by atoms with E-state index in [0.717, 1.165) is 16.9 Å². The molecule has 4 heteroatoms. The number of anilines is 2. The van der Waals surface area contributed by atoms with Crippen LogP contribution in [-0.4, -0.2) is 5.91 Å². The lowest BCUT2D eigenvalue weighted by atomic mass is 10.1. The molecule has 1 amide bonds. The first-order valence-corrected chi connectivity index (χ1v) is 5.64. The minimum atomic E-state index is -0.314. The zero-order valence-corrected chi connectivity index (χ0v) is 10.1. The predicted molar refractivity (Wildman–Crippen MR) is 72.6 cm³/mol. The van der Waals surface area contributed by atoms with Gasteiger partial charge < -0.3 is 5.32 Å². The number of benzene rings is 2. The van der Waals surface area contributed by atoms with Crippen LogP contribution >= 0.6 is 0 Å². The monoisotopic (exact) mass is 241 g/mol. The van der Waals surface area contributed by atoms with Crippen LogP contribution in [0.25, 0.3) is 0 Å². The second-order valence-corrected chi connectivity index (χ2v) is 4.01. The Morgan fingerprint density at radius 3 is 2.61 bits per heavy atom. The van der Waals surface area contributed by atoms with Crippen molar-refractivity contribution >= 4 is 17.3 Å².